The largest absolute Gasteiger partial charge is 0.458 e. The van der Waals surface area contributed by atoms with E-state index in [0.29, 0.717) is 6.61 Å². The summed E-state index contributed by atoms with van der Waals surface area (Å²) in [6.07, 6.45) is -0.787. The number of carbonyl (C=O) groups excluding carboxylic acids is 3. The number of benzene rings is 1. The fourth-order valence-electron chi connectivity index (χ4n) is 3.36. The molecular weight excluding hydrogens is 312 g/mol. The molecule has 0 radical (unpaired) electrons. The van der Waals surface area contributed by atoms with E-state index in [9.17, 15) is 14.4 Å². The summed E-state index contributed by atoms with van der Waals surface area (Å²) in [7, 11) is 0. The average Bonchev–Trinajstić information content (AvgIpc) is 2.99. The van der Waals surface area contributed by atoms with Gasteiger partial charge in [0.25, 0.3) is 0 Å². The summed E-state index contributed by atoms with van der Waals surface area (Å²) in [5, 5.41) is 2.79. The Bertz CT molecular complexity index is 648. The van der Waals surface area contributed by atoms with E-state index in [1.807, 2.05) is 30.3 Å². The van der Waals surface area contributed by atoms with Gasteiger partial charge in [0, 0.05) is 20.3 Å². The number of amides is 2. The number of esters is 1. The zero-order valence-corrected chi connectivity index (χ0v) is 13.7. The second-order valence-electron chi connectivity index (χ2n) is 6.03. The SMILES string of the molecule is CC(=O)O[C@@H]1CN2[C@@H](CC(=O)N2C(C)=O)[C@@H]1OCc1ccccc1. The van der Waals surface area contributed by atoms with Crippen LogP contribution in [0.4, 0.5) is 0 Å². The van der Waals surface area contributed by atoms with E-state index in [1.165, 1.54) is 13.8 Å². The Kier molecular flexibility index (Phi) is 4.64. The first-order chi connectivity index (χ1) is 11.5. The molecule has 0 bridgehead atoms. The number of fused-ring (bicyclic) bond motifs is 1. The van der Waals surface area contributed by atoms with Crippen LogP contribution in [0.3, 0.4) is 0 Å². The van der Waals surface area contributed by atoms with Gasteiger partial charge < -0.3 is 9.47 Å². The van der Waals surface area contributed by atoms with E-state index in [-0.39, 0.29) is 30.8 Å². The first-order valence-corrected chi connectivity index (χ1v) is 7.90. The fraction of sp³-hybridized carbons (Fsp3) is 0.471. The van der Waals surface area contributed by atoms with Crippen molar-refractivity contribution >= 4 is 17.8 Å². The van der Waals surface area contributed by atoms with Crippen molar-refractivity contribution in [3.05, 3.63) is 35.9 Å². The molecular formula is C17H20N2O5. The van der Waals surface area contributed by atoms with Gasteiger partial charge in [0.15, 0.2) is 0 Å². The monoisotopic (exact) mass is 332 g/mol. The Morgan fingerprint density at radius 2 is 1.92 bits per heavy atom. The molecule has 0 spiro atoms. The van der Waals surface area contributed by atoms with Crippen LogP contribution in [0.1, 0.15) is 25.8 Å². The van der Waals surface area contributed by atoms with Crippen molar-refractivity contribution in [2.45, 2.75) is 45.1 Å². The lowest BCUT2D eigenvalue weighted by molar-refractivity contribution is -0.156. The summed E-state index contributed by atoms with van der Waals surface area (Å²) in [4.78, 5) is 35.2. The molecule has 3 atom stereocenters. The molecule has 0 aliphatic carbocycles. The van der Waals surface area contributed by atoms with Crippen LogP contribution < -0.4 is 0 Å². The minimum absolute atomic E-state index is 0.177. The summed E-state index contributed by atoms with van der Waals surface area (Å²) >= 11 is 0. The minimum Gasteiger partial charge on any atom is -0.458 e. The van der Waals surface area contributed by atoms with Crippen molar-refractivity contribution in [1.29, 1.82) is 0 Å². The molecule has 2 saturated heterocycles. The van der Waals surface area contributed by atoms with E-state index in [0.717, 1.165) is 10.6 Å². The van der Waals surface area contributed by atoms with Crippen LogP contribution in [0.25, 0.3) is 0 Å². The van der Waals surface area contributed by atoms with Crippen molar-refractivity contribution in [3.63, 3.8) is 0 Å². The van der Waals surface area contributed by atoms with Crippen LogP contribution in [-0.4, -0.2) is 52.6 Å². The molecule has 0 unspecified atom stereocenters. The highest BCUT2D eigenvalue weighted by Crippen LogP contribution is 2.34. The molecule has 2 heterocycles. The third-order valence-electron chi connectivity index (χ3n) is 4.27. The summed E-state index contributed by atoms with van der Waals surface area (Å²) in [5.41, 5.74) is 0.991. The van der Waals surface area contributed by atoms with Gasteiger partial charge in [-0.3, -0.25) is 14.4 Å². The fourth-order valence-corrected chi connectivity index (χ4v) is 3.36. The molecule has 0 N–H and O–H groups in total. The van der Waals surface area contributed by atoms with Gasteiger partial charge in [-0.05, 0) is 5.56 Å². The van der Waals surface area contributed by atoms with Gasteiger partial charge >= 0.3 is 5.97 Å². The normalized spacial score (nSPS) is 26.5. The second-order valence-corrected chi connectivity index (χ2v) is 6.03. The maximum Gasteiger partial charge on any atom is 0.303 e. The number of ether oxygens (including phenoxy) is 2. The number of nitrogens with zero attached hydrogens (tertiary/aromatic N) is 2. The molecule has 2 aliphatic rings. The summed E-state index contributed by atoms with van der Waals surface area (Å²) < 4.78 is 11.3. The van der Waals surface area contributed by atoms with E-state index in [4.69, 9.17) is 9.47 Å². The first kappa shape index (κ1) is 16.6. The molecule has 2 amide bonds. The Morgan fingerprint density at radius 3 is 2.54 bits per heavy atom. The Balaban J connectivity index is 1.77. The first-order valence-electron chi connectivity index (χ1n) is 7.90. The van der Waals surface area contributed by atoms with Crippen molar-refractivity contribution in [2.24, 2.45) is 0 Å². The molecule has 2 fully saturated rings. The molecule has 7 heteroatoms. The Labute approximate surface area is 140 Å². The zero-order chi connectivity index (χ0) is 17.3. The van der Waals surface area contributed by atoms with E-state index < -0.39 is 18.2 Å². The quantitative estimate of drug-likeness (QED) is 0.762. The van der Waals surface area contributed by atoms with Crippen LogP contribution in [0.2, 0.25) is 0 Å². The van der Waals surface area contributed by atoms with E-state index in [2.05, 4.69) is 0 Å². The van der Waals surface area contributed by atoms with Crippen LogP contribution in [-0.2, 0) is 30.5 Å². The van der Waals surface area contributed by atoms with E-state index in [1.54, 1.807) is 5.01 Å². The van der Waals surface area contributed by atoms with Crippen molar-refractivity contribution < 1.29 is 23.9 Å². The lowest BCUT2D eigenvalue weighted by Gasteiger charge is -2.24. The lowest BCUT2D eigenvalue weighted by atomic mass is 10.1. The number of hydrazine groups is 1. The predicted molar refractivity (Wildman–Crippen MR) is 83.2 cm³/mol. The number of hydrogen-bond acceptors (Lipinski definition) is 6. The van der Waals surface area contributed by atoms with Gasteiger partial charge in [-0.25, -0.2) is 10.0 Å². The molecule has 3 rings (SSSR count). The highest BCUT2D eigenvalue weighted by atomic mass is 16.6. The number of carbonyl (C=O) groups is 3. The Morgan fingerprint density at radius 1 is 1.21 bits per heavy atom. The topological polar surface area (TPSA) is 76.2 Å². The van der Waals surface area contributed by atoms with E-state index >= 15 is 0 Å². The summed E-state index contributed by atoms with van der Waals surface area (Å²) in [5.74, 6) is -0.995. The summed E-state index contributed by atoms with van der Waals surface area (Å²) in [6.45, 7) is 3.31. The summed E-state index contributed by atoms with van der Waals surface area (Å²) in [6, 6.07) is 9.34. The number of hydrogen-bond donors (Lipinski definition) is 0. The molecule has 0 saturated carbocycles. The molecule has 1 aromatic rings. The lowest BCUT2D eigenvalue weighted by Crippen LogP contribution is -2.44. The van der Waals surface area contributed by atoms with Crippen LogP contribution in [0, 0.1) is 0 Å². The predicted octanol–water partition coefficient (Wildman–Crippen LogP) is 0.881. The van der Waals surface area contributed by atoms with Crippen molar-refractivity contribution in [1.82, 2.24) is 10.0 Å². The second kappa shape index (κ2) is 6.70. The smallest absolute Gasteiger partial charge is 0.303 e. The van der Waals surface area contributed by atoms with Gasteiger partial charge in [-0.15, -0.1) is 0 Å². The van der Waals surface area contributed by atoms with Crippen LogP contribution >= 0.6 is 0 Å². The molecule has 0 aromatic heterocycles. The molecule has 1 aromatic carbocycles. The minimum atomic E-state index is -0.508. The average molecular weight is 332 g/mol. The van der Waals surface area contributed by atoms with Gasteiger partial charge in [-0.1, -0.05) is 30.3 Å². The highest BCUT2D eigenvalue weighted by molar-refractivity contribution is 5.95. The van der Waals surface area contributed by atoms with Crippen LogP contribution in [0.15, 0.2) is 30.3 Å². The van der Waals surface area contributed by atoms with Gasteiger partial charge in [0.05, 0.1) is 19.2 Å². The maximum absolute atomic E-state index is 12.1. The zero-order valence-electron chi connectivity index (χ0n) is 13.7. The van der Waals surface area contributed by atoms with Crippen molar-refractivity contribution in [2.75, 3.05) is 6.54 Å². The van der Waals surface area contributed by atoms with Gasteiger partial charge in [0.1, 0.15) is 12.2 Å². The molecule has 2 aliphatic heterocycles. The molecule has 7 nitrogen and oxygen atoms in total. The maximum atomic E-state index is 12.1. The van der Waals surface area contributed by atoms with Gasteiger partial charge in [0.2, 0.25) is 11.8 Å². The molecule has 128 valence electrons. The third kappa shape index (κ3) is 3.18. The molecule has 24 heavy (non-hydrogen) atoms. The third-order valence-corrected chi connectivity index (χ3v) is 4.27. The highest BCUT2D eigenvalue weighted by Gasteiger charge is 2.54. The Hall–Kier alpha value is -2.25. The van der Waals surface area contributed by atoms with Gasteiger partial charge in [-0.2, -0.15) is 0 Å². The number of imide groups is 1. The standard InChI is InChI=1S/C17H20N2O5/c1-11(20)19-16(22)8-14-17(15(9-18(14)19)24-12(2)21)23-10-13-6-4-3-5-7-13/h3-7,14-15,17H,8-10H2,1-2H3/t14-,15+,17-/m0/s1. The number of rotatable bonds is 4. The van der Waals surface area contributed by atoms with Crippen LogP contribution in [0.5, 0.6) is 0 Å². The van der Waals surface area contributed by atoms with Crippen molar-refractivity contribution in [3.8, 4) is 0 Å².